The number of phenolic OH excluding ortho intramolecular Hbond substituents is 1. The number of carbonyl (C=O) groups is 1. The second kappa shape index (κ2) is 7.50. The second-order valence-corrected chi connectivity index (χ2v) is 4.78. The fourth-order valence-corrected chi connectivity index (χ4v) is 2.22. The number of carbonyl (C=O) groups excluding carboxylic acids is 1. The number of benzene rings is 2. The van der Waals surface area contributed by atoms with Gasteiger partial charge in [0.1, 0.15) is 11.6 Å². The van der Waals surface area contributed by atoms with Crippen LogP contribution in [0.5, 0.6) is 23.0 Å². The maximum absolute atomic E-state index is 13.0. The molecule has 0 fully saturated rings. The molecule has 0 aromatic heterocycles. The third-order valence-electron chi connectivity index (χ3n) is 3.37. The van der Waals surface area contributed by atoms with Crippen LogP contribution in [0.25, 0.3) is 6.08 Å². The Morgan fingerprint density at radius 1 is 1.04 bits per heavy atom. The van der Waals surface area contributed by atoms with E-state index in [4.69, 9.17) is 14.2 Å². The zero-order chi connectivity index (χ0) is 17.7. The maximum atomic E-state index is 13.0. The number of hydrogen-bond donors (Lipinski definition) is 1. The molecule has 0 saturated heterocycles. The van der Waals surface area contributed by atoms with E-state index in [-0.39, 0.29) is 5.56 Å². The van der Waals surface area contributed by atoms with E-state index in [0.29, 0.717) is 22.8 Å². The monoisotopic (exact) mass is 332 g/mol. The van der Waals surface area contributed by atoms with Crippen LogP contribution in [0.1, 0.15) is 15.9 Å². The first kappa shape index (κ1) is 17.3. The van der Waals surface area contributed by atoms with Crippen LogP contribution >= 0.6 is 0 Å². The largest absolute Gasteiger partial charge is 0.507 e. The highest BCUT2D eigenvalue weighted by atomic mass is 19.1. The van der Waals surface area contributed by atoms with E-state index >= 15 is 0 Å². The van der Waals surface area contributed by atoms with Gasteiger partial charge in [0.2, 0.25) is 5.75 Å². The first-order chi connectivity index (χ1) is 11.5. The van der Waals surface area contributed by atoms with Crippen molar-refractivity contribution >= 4 is 11.9 Å². The lowest BCUT2D eigenvalue weighted by atomic mass is 10.1. The molecule has 0 atom stereocenters. The first-order valence-electron chi connectivity index (χ1n) is 7.01. The van der Waals surface area contributed by atoms with Crippen LogP contribution in [-0.4, -0.2) is 32.2 Å². The minimum absolute atomic E-state index is 0.00657. The van der Waals surface area contributed by atoms with E-state index in [1.54, 1.807) is 12.1 Å². The van der Waals surface area contributed by atoms with Crippen LogP contribution in [0.4, 0.5) is 4.39 Å². The van der Waals surface area contributed by atoms with Crippen LogP contribution < -0.4 is 14.2 Å². The van der Waals surface area contributed by atoms with Crippen molar-refractivity contribution in [3.63, 3.8) is 0 Å². The first-order valence-corrected chi connectivity index (χ1v) is 7.01. The lowest BCUT2D eigenvalue weighted by molar-refractivity contribution is 0.104. The second-order valence-electron chi connectivity index (χ2n) is 4.78. The van der Waals surface area contributed by atoms with Gasteiger partial charge in [-0.05, 0) is 36.4 Å². The van der Waals surface area contributed by atoms with E-state index in [0.717, 1.165) is 12.1 Å². The highest BCUT2D eigenvalue weighted by Crippen LogP contribution is 2.40. The third-order valence-corrected chi connectivity index (χ3v) is 3.37. The van der Waals surface area contributed by atoms with Crippen molar-refractivity contribution in [1.29, 1.82) is 0 Å². The molecule has 2 aromatic carbocycles. The van der Waals surface area contributed by atoms with E-state index in [1.165, 1.54) is 39.5 Å². The number of ketones is 1. The average Bonchev–Trinajstić information content (AvgIpc) is 2.58. The van der Waals surface area contributed by atoms with Crippen molar-refractivity contribution in [3.8, 4) is 23.0 Å². The Kier molecular flexibility index (Phi) is 5.42. The summed E-state index contributed by atoms with van der Waals surface area (Å²) in [6, 6.07) is 6.61. The molecule has 0 heterocycles. The van der Waals surface area contributed by atoms with Crippen LogP contribution in [0, 0.1) is 5.82 Å². The number of methoxy groups -OCH3 is 3. The molecule has 1 N–H and O–H groups in total. The molecule has 0 aliphatic carbocycles. The van der Waals surface area contributed by atoms with Gasteiger partial charge in [-0.15, -0.1) is 0 Å². The Morgan fingerprint density at radius 2 is 1.75 bits per heavy atom. The molecule has 126 valence electrons. The predicted octanol–water partition coefficient (Wildman–Crippen LogP) is 3.45. The van der Waals surface area contributed by atoms with Gasteiger partial charge in [0.25, 0.3) is 0 Å². The maximum Gasteiger partial charge on any atom is 0.203 e. The standard InChI is InChI=1S/C18H17FO5/c1-22-16-9-5-11(17(23-2)18(16)24-3)4-8-14(20)13-7-6-12(19)10-15(13)21/h4-10,21H,1-3H3/b8-4+. The number of aromatic hydroxyl groups is 1. The summed E-state index contributed by atoms with van der Waals surface area (Å²) in [5.74, 6) is -0.194. The Bertz CT molecular complexity index is 783. The Hall–Kier alpha value is -3.02. The molecule has 6 heteroatoms. The molecule has 0 amide bonds. The molecular formula is C18H17FO5. The highest BCUT2D eigenvalue weighted by molar-refractivity contribution is 6.08. The number of rotatable bonds is 6. The predicted molar refractivity (Wildman–Crippen MR) is 87.5 cm³/mol. The summed E-state index contributed by atoms with van der Waals surface area (Å²) in [6.45, 7) is 0. The lowest BCUT2D eigenvalue weighted by Crippen LogP contribution is -1.98. The van der Waals surface area contributed by atoms with Gasteiger partial charge in [0.05, 0.1) is 26.9 Å². The number of halogens is 1. The zero-order valence-corrected chi connectivity index (χ0v) is 13.5. The SMILES string of the molecule is COc1ccc(/C=C/C(=O)c2ccc(F)cc2O)c(OC)c1OC. The van der Waals surface area contributed by atoms with Gasteiger partial charge in [-0.2, -0.15) is 0 Å². The van der Waals surface area contributed by atoms with Gasteiger partial charge in [-0.3, -0.25) is 4.79 Å². The Balaban J connectivity index is 2.36. The molecule has 0 unspecified atom stereocenters. The Morgan fingerprint density at radius 3 is 2.33 bits per heavy atom. The fourth-order valence-electron chi connectivity index (χ4n) is 2.22. The molecule has 0 saturated carbocycles. The van der Waals surface area contributed by atoms with Crippen molar-refractivity contribution in [1.82, 2.24) is 0 Å². The summed E-state index contributed by atoms with van der Waals surface area (Å²) < 4.78 is 28.8. The van der Waals surface area contributed by atoms with Crippen LogP contribution in [0.3, 0.4) is 0 Å². The van der Waals surface area contributed by atoms with E-state index in [9.17, 15) is 14.3 Å². The van der Waals surface area contributed by atoms with Crippen molar-refractivity contribution in [2.75, 3.05) is 21.3 Å². The van der Waals surface area contributed by atoms with Crippen molar-refractivity contribution in [2.45, 2.75) is 0 Å². The van der Waals surface area contributed by atoms with Gasteiger partial charge in [0.15, 0.2) is 17.3 Å². The summed E-state index contributed by atoms with van der Waals surface area (Å²) in [7, 11) is 4.46. The third kappa shape index (κ3) is 3.48. The summed E-state index contributed by atoms with van der Waals surface area (Å²) in [5, 5.41) is 9.65. The zero-order valence-electron chi connectivity index (χ0n) is 13.5. The van der Waals surface area contributed by atoms with Crippen molar-refractivity contribution in [3.05, 3.63) is 53.4 Å². The molecular weight excluding hydrogens is 315 g/mol. The van der Waals surface area contributed by atoms with Crippen LogP contribution in [-0.2, 0) is 0 Å². The topological polar surface area (TPSA) is 65.0 Å². The number of phenols is 1. The van der Waals surface area contributed by atoms with E-state index < -0.39 is 17.3 Å². The summed E-state index contributed by atoms with van der Waals surface area (Å²) in [4.78, 5) is 12.2. The Labute approximate surface area is 138 Å². The quantitative estimate of drug-likeness (QED) is 0.648. The molecule has 0 bridgehead atoms. The molecule has 24 heavy (non-hydrogen) atoms. The number of hydrogen-bond acceptors (Lipinski definition) is 5. The van der Waals surface area contributed by atoms with Gasteiger partial charge < -0.3 is 19.3 Å². The van der Waals surface area contributed by atoms with Crippen molar-refractivity contribution in [2.24, 2.45) is 0 Å². The molecule has 5 nitrogen and oxygen atoms in total. The minimum Gasteiger partial charge on any atom is -0.507 e. The number of ether oxygens (including phenoxy) is 3. The molecule has 0 radical (unpaired) electrons. The number of allylic oxidation sites excluding steroid dienone is 1. The van der Waals surface area contributed by atoms with Crippen LogP contribution in [0.15, 0.2) is 36.4 Å². The molecule has 0 aliphatic heterocycles. The molecule has 0 spiro atoms. The van der Waals surface area contributed by atoms with Crippen molar-refractivity contribution < 1.29 is 28.5 Å². The minimum atomic E-state index is -0.616. The molecule has 2 aromatic rings. The van der Waals surface area contributed by atoms with E-state index in [1.807, 2.05) is 0 Å². The van der Waals surface area contributed by atoms with Gasteiger partial charge in [-0.25, -0.2) is 4.39 Å². The van der Waals surface area contributed by atoms with E-state index in [2.05, 4.69) is 0 Å². The van der Waals surface area contributed by atoms with Gasteiger partial charge in [-0.1, -0.05) is 0 Å². The normalized spacial score (nSPS) is 10.7. The summed E-state index contributed by atoms with van der Waals surface area (Å²) in [5.41, 5.74) is 0.595. The van der Waals surface area contributed by atoms with Crippen LogP contribution in [0.2, 0.25) is 0 Å². The molecule has 0 aliphatic rings. The average molecular weight is 332 g/mol. The highest BCUT2D eigenvalue weighted by Gasteiger charge is 2.15. The smallest absolute Gasteiger partial charge is 0.203 e. The fraction of sp³-hybridized carbons (Fsp3) is 0.167. The molecule has 2 rings (SSSR count). The summed E-state index contributed by atoms with van der Waals surface area (Å²) in [6.07, 6.45) is 2.78. The lowest BCUT2D eigenvalue weighted by Gasteiger charge is -2.13. The van der Waals surface area contributed by atoms with Gasteiger partial charge >= 0.3 is 0 Å². The van der Waals surface area contributed by atoms with Gasteiger partial charge in [0, 0.05) is 11.6 Å². The summed E-state index contributed by atoms with van der Waals surface area (Å²) >= 11 is 0.